The first kappa shape index (κ1) is 15.7. The van der Waals surface area contributed by atoms with Gasteiger partial charge in [-0.15, -0.1) is 11.3 Å². The number of hydrogen-bond donors (Lipinski definition) is 1. The van der Waals surface area contributed by atoms with E-state index >= 15 is 0 Å². The summed E-state index contributed by atoms with van der Waals surface area (Å²) in [5.74, 6) is -0.209. The summed E-state index contributed by atoms with van der Waals surface area (Å²) < 4.78 is 13.9. The first-order valence-electron chi connectivity index (χ1n) is 6.89. The van der Waals surface area contributed by atoms with Gasteiger partial charge in [0.05, 0.1) is 4.47 Å². The Morgan fingerprint density at radius 2 is 2.10 bits per heavy atom. The van der Waals surface area contributed by atoms with Gasteiger partial charge in [-0.25, -0.2) is 4.39 Å². The van der Waals surface area contributed by atoms with E-state index in [1.807, 2.05) is 12.1 Å². The van der Waals surface area contributed by atoms with Gasteiger partial charge in [0.15, 0.2) is 0 Å². The topological polar surface area (TPSA) is 12.0 Å². The van der Waals surface area contributed by atoms with E-state index in [0.717, 1.165) is 24.9 Å². The average Bonchev–Trinajstić information content (AvgIpc) is 2.90. The molecule has 1 nitrogen and oxygen atoms in total. The summed E-state index contributed by atoms with van der Waals surface area (Å²) in [5.41, 5.74) is 2.54. The van der Waals surface area contributed by atoms with E-state index in [1.54, 1.807) is 11.3 Å². The average molecular weight is 356 g/mol. The molecule has 0 saturated carbocycles. The van der Waals surface area contributed by atoms with E-state index in [4.69, 9.17) is 0 Å². The Labute approximate surface area is 132 Å². The van der Waals surface area contributed by atoms with E-state index in [1.165, 1.54) is 16.5 Å². The molecule has 0 amide bonds. The van der Waals surface area contributed by atoms with Crippen molar-refractivity contribution in [3.63, 3.8) is 0 Å². The van der Waals surface area contributed by atoms with Gasteiger partial charge in [-0.2, -0.15) is 0 Å². The van der Waals surface area contributed by atoms with Crippen LogP contribution in [0.25, 0.3) is 0 Å². The van der Waals surface area contributed by atoms with E-state index < -0.39 is 0 Å². The van der Waals surface area contributed by atoms with Crippen LogP contribution < -0.4 is 5.32 Å². The number of hydrogen-bond acceptors (Lipinski definition) is 2. The van der Waals surface area contributed by atoms with E-state index in [0.29, 0.717) is 10.5 Å². The van der Waals surface area contributed by atoms with Gasteiger partial charge in [-0.05, 0) is 70.0 Å². The van der Waals surface area contributed by atoms with Crippen molar-refractivity contribution in [2.45, 2.75) is 32.7 Å². The molecule has 4 heteroatoms. The Kier molecular flexibility index (Phi) is 5.75. The molecule has 0 fully saturated rings. The van der Waals surface area contributed by atoms with Crippen LogP contribution in [-0.4, -0.2) is 6.54 Å². The Morgan fingerprint density at radius 1 is 1.30 bits per heavy atom. The van der Waals surface area contributed by atoms with Crippen molar-refractivity contribution >= 4 is 27.3 Å². The van der Waals surface area contributed by atoms with E-state index in [9.17, 15) is 4.39 Å². The zero-order valence-electron chi connectivity index (χ0n) is 11.7. The fourth-order valence-corrected chi connectivity index (χ4v) is 3.85. The molecular formula is C16H19BrFNS. The van der Waals surface area contributed by atoms with Crippen LogP contribution in [0.3, 0.4) is 0 Å². The Bertz CT molecular complexity index is 567. The van der Waals surface area contributed by atoms with Crippen LogP contribution in [0.1, 0.15) is 35.9 Å². The van der Waals surface area contributed by atoms with E-state index in [2.05, 4.69) is 46.5 Å². The maximum absolute atomic E-state index is 13.3. The molecule has 20 heavy (non-hydrogen) atoms. The zero-order chi connectivity index (χ0) is 14.5. The second-order valence-corrected chi connectivity index (χ2v) is 6.53. The summed E-state index contributed by atoms with van der Waals surface area (Å²) in [5, 5.41) is 5.70. The van der Waals surface area contributed by atoms with Gasteiger partial charge >= 0.3 is 0 Å². The van der Waals surface area contributed by atoms with Gasteiger partial charge in [-0.1, -0.05) is 19.9 Å². The summed E-state index contributed by atoms with van der Waals surface area (Å²) in [6, 6.07) is 7.76. The molecule has 0 aliphatic heterocycles. The van der Waals surface area contributed by atoms with Crippen molar-refractivity contribution in [2.75, 3.05) is 6.54 Å². The van der Waals surface area contributed by atoms with Crippen LogP contribution in [0, 0.1) is 5.82 Å². The van der Waals surface area contributed by atoms with Crippen LogP contribution >= 0.6 is 27.3 Å². The highest BCUT2D eigenvalue weighted by atomic mass is 79.9. The second kappa shape index (κ2) is 7.34. The fraction of sp³-hybridized carbons (Fsp3) is 0.375. The van der Waals surface area contributed by atoms with Crippen molar-refractivity contribution in [3.05, 3.63) is 55.9 Å². The minimum absolute atomic E-state index is 0.209. The second-order valence-electron chi connectivity index (χ2n) is 4.73. The quantitative estimate of drug-likeness (QED) is 0.759. The summed E-state index contributed by atoms with van der Waals surface area (Å²) in [7, 11) is 0. The molecule has 1 N–H and O–H groups in total. The molecule has 0 aliphatic rings. The van der Waals surface area contributed by atoms with Gasteiger partial charge in [0.25, 0.3) is 0 Å². The summed E-state index contributed by atoms with van der Waals surface area (Å²) in [4.78, 5) is 1.40. The molecule has 0 bridgehead atoms. The lowest BCUT2D eigenvalue weighted by Gasteiger charge is -2.18. The fourth-order valence-electron chi connectivity index (χ4n) is 2.35. The Morgan fingerprint density at radius 3 is 2.75 bits per heavy atom. The van der Waals surface area contributed by atoms with Crippen molar-refractivity contribution in [3.8, 4) is 0 Å². The number of likely N-dealkylation sites (N-methyl/N-ethyl adjacent to an activating group) is 1. The molecule has 1 heterocycles. The highest BCUT2D eigenvalue weighted by Crippen LogP contribution is 2.29. The summed E-state index contributed by atoms with van der Waals surface area (Å²) in [6.45, 7) is 5.23. The molecule has 0 spiro atoms. The molecule has 1 aromatic heterocycles. The predicted molar refractivity (Wildman–Crippen MR) is 87.9 cm³/mol. The minimum Gasteiger partial charge on any atom is -0.309 e. The molecule has 0 saturated heterocycles. The number of halogens is 2. The van der Waals surface area contributed by atoms with Crippen LogP contribution in [0.15, 0.2) is 34.1 Å². The lowest BCUT2D eigenvalue weighted by Crippen LogP contribution is -2.23. The molecule has 0 aliphatic carbocycles. The monoisotopic (exact) mass is 355 g/mol. The van der Waals surface area contributed by atoms with Gasteiger partial charge in [0.1, 0.15) is 5.82 Å². The number of nitrogens with one attached hydrogen (secondary N) is 1. The third kappa shape index (κ3) is 3.68. The number of thiophene rings is 1. The first-order valence-corrected chi connectivity index (χ1v) is 8.56. The molecular weight excluding hydrogens is 337 g/mol. The summed E-state index contributed by atoms with van der Waals surface area (Å²) in [6.07, 6.45) is 1.92. The number of aryl methyl sites for hydroxylation is 1. The lowest BCUT2D eigenvalue weighted by atomic mass is 10.0. The third-order valence-electron chi connectivity index (χ3n) is 3.35. The van der Waals surface area contributed by atoms with E-state index in [-0.39, 0.29) is 5.82 Å². The van der Waals surface area contributed by atoms with Gasteiger partial charge < -0.3 is 5.32 Å². The van der Waals surface area contributed by atoms with Crippen molar-refractivity contribution in [1.29, 1.82) is 0 Å². The van der Waals surface area contributed by atoms with Gasteiger partial charge in [0.2, 0.25) is 0 Å². The first-order chi connectivity index (χ1) is 9.65. The van der Waals surface area contributed by atoms with Crippen molar-refractivity contribution in [2.24, 2.45) is 0 Å². The number of benzene rings is 1. The normalized spacial score (nSPS) is 12.6. The molecule has 0 radical (unpaired) electrons. The lowest BCUT2D eigenvalue weighted by molar-refractivity contribution is 0.553. The SMILES string of the molecule is CCNC(Cc1ccc(F)c(Br)c1)c1sccc1CC. The maximum Gasteiger partial charge on any atom is 0.137 e. The van der Waals surface area contributed by atoms with Crippen molar-refractivity contribution in [1.82, 2.24) is 5.32 Å². The van der Waals surface area contributed by atoms with Crippen LogP contribution in [-0.2, 0) is 12.8 Å². The van der Waals surface area contributed by atoms with Gasteiger partial charge in [-0.3, -0.25) is 0 Å². The zero-order valence-corrected chi connectivity index (χ0v) is 14.2. The van der Waals surface area contributed by atoms with Crippen molar-refractivity contribution < 1.29 is 4.39 Å². The molecule has 1 unspecified atom stereocenters. The number of rotatable bonds is 6. The molecule has 2 rings (SSSR count). The smallest absolute Gasteiger partial charge is 0.137 e. The predicted octanol–water partition coefficient (Wildman–Crippen LogP) is 5.11. The molecule has 2 aromatic rings. The Hall–Kier alpha value is -0.710. The third-order valence-corrected chi connectivity index (χ3v) is 5.03. The summed E-state index contributed by atoms with van der Waals surface area (Å²) >= 11 is 5.06. The van der Waals surface area contributed by atoms with Crippen LogP contribution in [0.4, 0.5) is 4.39 Å². The highest BCUT2D eigenvalue weighted by Gasteiger charge is 2.16. The maximum atomic E-state index is 13.3. The molecule has 108 valence electrons. The molecule has 1 aromatic carbocycles. The largest absolute Gasteiger partial charge is 0.309 e. The van der Waals surface area contributed by atoms with Crippen LogP contribution in [0.5, 0.6) is 0 Å². The highest BCUT2D eigenvalue weighted by molar-refractivity contribution is 9.10. The Balaban J connectivity index is 2.23. The minimum atomic E-state index is -0.209. The van der Waals surface area contributed by atoms with Crippen LogP contribution in [0.2, 0.25) is 0 Å². The van der Waals surface area contributed by atoms with Gasteiger partial charge in [0, 0.05) is 10.9 Å². The molecule has 1 atom stereocenters. The standard InChI is InChI=1S/C16H19BrFNS/c1-3-12-7-8-20-16(12)15(19-4-2)10-11-5-6-14(18)13(17)9-11/h5-9,15,19H,3-4,10H2,1-2H3.